The molecule has 7 heteroatoms. The number of carbonyl (C=O) groups is 1. The molecule has 0 atom stereocenters. The van der Waals surface area contributed by atoms with Crippen molar-refractivity contribution in [3.8, 4) is 17.2 Å². The van der Waals surface area contributed by atoms with Crippen LogP contribution in [0.3, 0.4) is 0 Å². The second-order valence-corrected chi connectivity index (χ2v) is 4.54. The SMILES string of the molecule is O=C(N/N=C/c1cc(O)c(O)cc1O)c1ccc(Cl)cc1. The molecule has 2 aromatic carbocycles. The molecule has 2 rings (SSSR count). The Kier molecular flexibility index (Phi) is 4.30. The third-order valence-electron chi connectivity index (χ3n) is 2.60. The Morgan fingerprint density at radius 2 is 1.67 bits per heavy atom. The fraction of sp³-hybridized carbons (Fsp3) is 0. The highest BCUT2D eigenvalue weighted by atomic mass is 35.5. The van der Waals surface area contributed by atoms with Crippen LogP contribution in [0.4, 0.5) is 0 Å². The van der Waals surface area contributed by atoms with Crippen LogP contribution in [-0.2, 0) is 0 Å². The monoisotopic (exact) mass is 306 g/mol. The smallest absolute Gasteiger partial charge is 0.271 e. The summed E-state index contributed by atoms with van der Waals surface area (Å²) in [6.45, 7) is 0. The van der Waals surface area contributed by atoms with E-state index in [1.807, 2.05) is 0 Å². The van der Waals surface area contributed by atoms with E-state index in [1.54, 1.807) is 12.1 Å². The molecule has 0 saturated heterocycles. The van der Waals surface area contributed by atoms with E-state index >= 15 is 0 Å². The molecule has 0 aromatic heterocycles. The Hall–Kier alpha value is -2.73. The van der Waals surface area contributed by atoms with Gasteiger partial charge in [0.15, 0.2) is 11.5 Å². The summed E-state index contributed by atoms with van der Waals surface area (Å²) in [6, 6.07) is 8.31. The van der Waals surface area contributed by atoms with Gasteiger partial charge in [0.2, 0.25) is 0 Å². The van der Waals surface area contributed by atoms with Gasteiger partial charge in [-0.3, -0.25) is 4.79 Å². The maximum atomic E-state index is 11.7. The molecule has 0 radical (unpaired) electrons. The van der Waals surface area contributed by atoms with Crippen molar-refractivity contribution in [2.75, 3.05) is 0 Å². The summed E-state index contributed by atoms with van der Waals surface area (Å²) >= 11 is 5.71. The van der Waals surface area contributed by atoms with Crippen molar-refractivity contribution in [3.05, 3.63) is 52.5 Å². The first-order valence-corrected chi connectivity index (χ1v) is 6.19. The van der Waals surface area contributed by atoms with Gasteiger partial charge in [0, 0.05) is 22.2 Å². The van der Waals surface area contributed by atoms with Gasteiger partial charge in [-0.2, -0.15) is 5.10 Å². The van der Waals surface area contributed by atoms with E-state index in [1.165, 1.54) is 12.1 Å². The van der Waals surface area contributed by atoms with E-state index in [0.29, 0.717) is 10.6 Å². The molecule has 0 fully saturated rings. The zero-order valence-corrected chi connectivity index (χ0v) is 11.4. The van der Waals surface area contributed by atoms with Gasteiger partial charge in [-0.1, -0.05) is 11.6 Å². The molecule has 2 aromatic rings. The summed E-state index contributed by atoms with van der Waals surface area (Å²) in [4.78, 5) is 11.7. The first-order valence-electron chi connectivity index (χ1n) is 5.81. The molecule has 1 amide bonds. The Morgan fingerprint density at radius 3 is 2.33 bits per heavy atom. The number of phenolic OH excluding ortho intramolecular Hbond substituents is 3. The summed E-state index contributed by atoms with van der Waals surface area (Å²) in [7, 11) is 0. The van der Waals surface area contributed by atoms with Crippen LogP contribution in [-0.4, -0.2) is 27.4 Å². The van der Waals surface area contributed by atoms with Crippen molar-refractivity contribution in [2.24, 2.45) is 5.10 Å². The lowest BCUT2D eigenvalue weighted by Crippen LogP contribution is -2.17. The van der Waals surface area contributed by atoms with Crippen LogP contribution in [0.2, 0.25) is 5.02 Å². The predicted molar refractivity (Wildman–Crippen MR) is 77.9 cm³/mol. The quantitative estimate of drug-likeness (QED) is 0.302. The van der Waals surface area contributed by atoms with Crippen molar-refractivity contribution in [1.29, 1.82) is 0 Å². The first-order chi connectivity index (χ1) is 9.97. The van der Waals surface area contributed by atoms with Gasteiger partial charge in [0.05, 0.1) is 6.21 Å². The Morgan fingerprint density at radius 1 is 1.05 bits per heavy atom. The third kappa shape index (κ3) is 3.64. The summed E-state index contributed by atoms with van der Waals surface area (Å²) in [5.74, 6) is -1.59. The van der Waals surface area contributed by atoms with Crippen molar-refractivity contribution >= 4 is 23.7 Å². The minimum absolute atomic E-state index is 0.140. The molecule has 108 valence electrons. The molecule has 6 nitrogen and oxygen atoms in total. The van der Waals surface area contributed by atoms with Crippen molar-refractivity contribution in [1.82, 2.24) is 5.43 Å². The van der Waals surface area contributed by atoms with Gasteiger partial charge >= 0.3 is 0 Å². The lowest BCUT2D eigenvalue weighted by molar-refractivity contribution is 0.0955. The van der Waals surface area contributed by atoms with Crippen LogP contribution >= 0.6 is 11.6 Å². The number of hydrazone groups is 1. The molecular formula is C14H11ClN2O4. The van der Waals surface area contributed by atoms with E-state index in [9.17, 15) is 20.1 Å². The zero-order valence-electron chi connectivity index (χ0n) is 10.6. The number of halogens is 1. The lowest BCUT2D eigenvalue weighted by Gasteiger charge is -2.03. The summed E-state index contributed by atoms with van der Waals surface area (Å²) < 4.78 is 0. The molecule has 0 saturated carbocycles. The van der Waals surface area contributed by atoms with Gasteiger partial charge in [-0.15, -0.1) is 0 Å². The topological polar surface area (TPSA) is 102 Å². The molecule has 0 spiro atoms. The average molecular weight is 307 g/mol. The first kappa shape index (κ1) is 14.7. The molecule has 4 N–H and O–H groups in total. The van der Waals surface area contributed by atoms with E-state index in [2.05, 4.69) is 10.5 Å². The lowest BCUT2D eigenvalue weighted by atomic mass is 10.2. The van der Waals surface area contributed by atoms with E-state index < -0.39 is 17.4 Å². The van der Waals surface area contributed by atoms with Crippen LogP contribution in [0.15, 0.2) is 41.5 Å². The largest absolute Gasteiger partial charge is 0.507 e. The number of aromatic hydroxyl groups is 3. The van der Waals surface area contributed by atoms with E-state index in [4.69, 9.17) is 11.6 Å². The number of rotatable bonds is 3. The van der Waals surface area contributed by atoms with Crippen LogP contribution in [0, 0.1) is 0 Å². The van der Waals surface area contributed by atoms with Gasteiger partial charge in [-0.05, 0) is 30.3 Å². The highest BCUT2D eigenvalue weighted by molar-refractivity contribution is 6.30. The molecule has 21 heavy (non-hydrogen) atoms. The highest BCUT2D eigenvalue weighted by Gasteiger charge is 2.07. The van der Waals surface area contributed by atoms with Crippen LogP contribution in [0.5, 0.6) is 17.2 Å². The van der Waals surface area contributed by atoms with Gasteiger partial charge in [0.25, 0.3) is 5.91 Å². The maximum absolute atomic E-state index is 11.7. The van der Waals surface area contributed by atoms with Gasteiger partial charge < -0.3 is 15.3 Å². The van der Waals surface area contributed by atoms with E-state index in [0.717, 1.165) is 18.3 Å². The zero-order chi connectivity index (χ0) is 15.4. The number of amides is 1. The fourth-order valence-electron chi connectivity index (χ4n) is 1.51. The third-order valence-corrected chi connectivity index (χ3v) is 2.85. The number of phenols is 3. The molecule has 0 heterocycles. The van der Waals surface area contributed by atoms with Gasteiger partial charge in [-0.25, -0.2) is 5.43 Å². The second kappa shape index (κ2) is 6.15. The summed E-state index contributed by atoms with van der Waals surface area (Å²) in [6.07, 6.45) is 1.14. The molecule has 0 bridgehead atoms. The fourth-order valence-corrected chi connectivity index (χ4v) is 1.64. The Bertz CT molecular complexity index is 699. The van der Waals surface area contributed by atoms with Crippen LogP contribution in [0.1, 0.15) is 15.9 Å². The Balaban J connectivity index is 2.07. The predicted octanol–water partition coefficient (Wildman–Crippen LogP) is 2.22. The molecule has 0 aliphatic carbocycles. The minimum Gasteiger partial charge on any atom is -0.507 e. The average Bonchev–Trinajstić information content (AvgIpc) is 2.45. The standard InChI is InChI=1S/C14H11ClN2O4/c15-10-3-1-8(2-4-10)14(21)17-16-7-9-5-12(19)13(20)6-11(9)18/h1-7,18-20H,(H,17,21)/b16-7+. The van der Waals surface area contributed by atoms with Crippen molar-refractivity contribution < 1.29 is 20.1 Å². The second-order valence-electron chi connectivity index (χ2n) is 4.11. The van der Waals surface area contributed by atoms with Crippen LogP contribution in [0.25, 0.3) is 0 Å². The van der Waals surface area contributed by atoms with Crippen molar-refractivity contribution in [3.63, 3.8) is 0 Å². The van der Waals surface area contributed by atoms with E-state index in [-0.39, 0.29) is 11.3 Å². The highest BCUT2D eigenvalue weighted by Crippen LogP contribution is 2.31. The van der Waals surface area contributed by atoms with Gasteiger partial charge in [0.1, 0.15) is 5.75 Å². The molecule has 0 unspecified atom stereocenters. The molecule has 0 aliphatic heterocycles. The maximum Gasteiger partial charge on any atom is 0.271 e. The normalized spacial score (nSPS) is 10.7. The molecule has 0 aliphatic rings. The number of hydrogen-bond acceptors (Lipinski definition) is 5. The summed E-state index contributed by atoms with van der Waals surface area (Å²) in [5.41, 5.74) is 2.77. The Labute approximate surface area is 124 Å². The number of carbonyl (C=O) groups excluding carboxylic acids is 1. The number of nitrogens with one attached hydrogen (secondary N) is 1. The van der Waals surface area contributed by atoms with Crippen LogP contribution < -0.4 is 5.43 Å². The minimum atomic E-state index is -0.453. The van der Waals surface area contributed by atoms with Crippen molar-refractivity contribution in [2.45, 2.75) is 0 Å². The summed E-state index contributed by atoms with van der Waals surface area (Å²) in [5, 5.41) is 32.2. The number of hydrogen-bond donors (Lipinski definition) is 4. The molecular weight excluding hydrogens is 296 g/mol. The number of nitrogens with zero attached hydrogens (tertiary/aromatic N) is 1. The number of benzene rings is 2.